The molecule has 0 unspecified atom stereocenters. The molecule has 0 bridgehead atoms. The van der Waals surface area contributed by atoms with Crippen LogP contribution in [0, 0.1) is 0 Å². The highest BCUT2D eigenvalue weighted by Crippen LogP contribution is 2.53. The number of nitrogens with zero attached hydrogens (tertiary/aromatic N) is 4. The smallest absolute Gasteiger partial charge is 0.275 e. The lowest BCUT2D eigenvalue weighted by Gasteiger charge is -2.41. The fraction of sp³-hybridized carbons (Fsp3) is 0.328. The van der Waals surface area contributed by atoms with Gasteiger partial charge in [0.25, 0.3) is 6.71 Å². The summed E-state index contributed by atoms with van der Waals surface area (Å²) in [5.41, 5.74) is 21.6. The Balaban J connectivity index is 1.38. The number of anilines is 3. The predicted octanol–water partition coefficient (Wildman–Crippen LogP) is 14.4. The molecule has 6 aromatic carbocycles. The molecule has 0 N–H and O–H groups in total. The highest BCUT2D eigenvalue weighted by atomic mass is 15.2. The Hall–Kier alpha value is -6.07. The van der Waals surface area contributed by atoms with Gasteiger partial charge < -0.3 is 13.9 Å². The standard InChI is InChI=1S/C61H63BN4/c1-57(2,3)34-16-22-39(23-17-34)64-48-27-21-38(61(13,14)15)33-44(48)62-51-54(64)49-42-31-36(59(7,8)9)19-25-46(42)65-47-26-20-37(60(10,11)12)32-43(47)50(53(49)65)55(51)66-45-24-18-35(58(4,5)6)30-41(45)40-28-29-63-56(62)52(40)66/h16-33H,1-15H3. The van der Waals surface area contributed by atoms with E-state index in [4.69, 9.17) is 4.98 Å². The van der Waals surface area contributed by atoms with E-state index in [9.17, 15) is 0 Å². The summed E-state index contributed by atoms with van der Waals surface area (Å²) < 4.78 is 5.28. The number of pyridine rings is 1. The number of aromatic nitrogens is 3. The van der Waals surface area contributed by atoms with Gasteiger partial charge in [0.2, 0.25) is 0 Å². The normalized spacial score (nSPS) is 14.5. The summed E-state index contributed by atoms with van der Waals surface area (Å²) in [5.74, 6) is 0. The van der Waals surface area contributed by atoms with E-state index < -0.39 is 0 Å². The zero-order valence-corrected chi connectivity index (χ0v) is 41.8. The Bertz CT molecular complexity index is 3710. The molecule has 0 atom stereocenters. The van der Waals surface area contributed by atoms with Gasteiger partial charge in [0.15, 0.2) is 0 Å². The van der Waals surface area contributed by atoms with Crippen LogP contribution in [-0.4, -0.2) is 20.7 Å². The van der Waals surface area contributed by atoms with Crippen molar-refractivity contribution in [2.45, 2.75) is 131 Å². The molecule has 2 aliphatic rings. The van der Waals surface area contributed by atoms with Gasteiger partial charge >= 0.3 is 0 Å². The van der Waals surface area contributed by atoms with E-state index in [2.05, 4.69) is 227 Å². The number of fused-ring (bicyclic) bond motifs is 15. The van der Waals surface area contributed by atoms with Crippen molar-refractivity contribution < 1.29 is 0 Å². The van der Waals surface area contributed by atoms with Gasteiger partial charge in [-0.05, 0) is 126 Å². The number of hydrogen-bond donors (Lipinski definition) is 0. The van der Waals surface area contributed by atoms with E-state index in [1.807, 2.05) is 0 Å². The Morgan fingerprint density at radius 1 is 0.424 bits per heavy atom. The maximum atomic E-state index is 5.55. The Morgan fingerprint density at radius 2 is 0.894 bits per heavy atom. The van der Waals surface area contributed by atoms with Crippen molar-refractivity contribution in [2.75, 3.05) is 4.90 Å². The first-order chi connectivity index (χ1) is 30.9. The van der Waals surface area contributed by atoms with Crippen LogP contribution in [0.1, 0.15) is 132 Å². The predicted molar refractivity (Wildman–Crippen MR) is 286 cm³/mol. The minimum atomic E-state index is -0.111. The van der Waals surface area contributed by atoms with Crippen LogP contribution in [0.2, 0.25) is 0 Å². The van der Waals surface area contributed by atoms with Crippen molar-refractivity contribution >= 4 is 100 Å². The number of benzene rings is 6. The van der Waals surface area contributed by atoms with Crippen molar-refractivity contribution in [3.05, 3.63) is 137 Å². The third-order valence-electron chi connectivity index (χ3n) is 15.4. The lowest BCUT2D eigenvalue weighted by atomic mass is 9.35. The lowest BCUT2D eigenvalue weighted by molar-refractivity contribution is 0.590. The molecule has 0 aliphatic carbocycles. The molecule has 66 heavy (non-hydrogen) atoms. The summed E-state index contributed by atoms with van der Waals surface area (Å²) in [5, 5.41) is 7.81. The molecule has 5 heteroatoms. The van der Waals surface area contributed by atoms with Gasteiger partial charge in [-0.3, -0.25) is 4.98 Å². The van der Waals surface area contributed by atoms with Gasteiger partial charge in [0, 0.05) is 55.5 Å². The van der Waals surface area contributed by atoms with E-state index in [0.717, 1.165) is 5.59 Å². The topological polar surface area (TPSA) is 25.5 Å². The van der Waals surface area contributed by atoms with Crippen molar-refractivity contribution in [1.29, 1.82) is 0 Å². The maximum Gasteiger partial charge on any atom is 0.275 e. The number of rotatable bonds is 1. The quantitative estimate of drug-likeness (QED) is 0.154. The van der Waals surface area contributed by atoms with Crippen LogP contribution in [0.3, 0.4) is 0 Å². The summed E-state index contributed by atoms with van der Waals surface area (Å²) in [6.45, 7) is 34.9. The molecule has 0 amide bonds. The molecule has 4 aromatic heterocycles. The maximum absolute atomic E-state index is 5.55. The Kier molecular flexibility index (Phi) is 8.07. The van der Waals surface area contributed by atoms with Crippen molar-refractivity contribution in [3.8, 4) is 5.69 Å². The van der Waals surface area contributed by atoms with E-state index in [0.29, 0.717) is 0 Å². The molecule has 0 fully saturated rings. The van der Waals surface area contributed by atoms with Crippen molar-refractivity contribution in [1.82, 2.24) is 14.0 Å². The molecule has 330 valence electrons. The number of hydrogen-bond acceptors (Lipinski definition) is 2. The summed E-state index contributed by atoms with van der Waals surface area (Å²) in [7, 11) is 0. The molecule has 0 saturated carbocycles. The van der Waals surface area contributed by atoms with Gasteiger partial charge in [0.05, 0.1) is 39.0 Å². The third kappa shape index (κ3) is 5.55. The van der Waals surface area contributed by atoms with Crippen LogP contribution in [0.5, 0.6) is 0 Å². The zero-order chi connectivity index (χ0) is 46.5. The van der Waals surface area contributed by atoms with Crippen LogP contribution in [0.4, 0.5) is 17.1 Å². The average Bonchev–Trinajstić information content (AvgIpc) is 3.88. The van der Waals surface area contributed by atoms with Gasteiger partial charge in [-0.25, -0.2) is 0 Å². The molecule has 2 aliphatic heterocycles. The summed E-state index contributed by atoms with van der Waals surface area (Å²) in [4.78, 5) is 8.20. The summed E-state index contributed by atoms with van der Waals surface area (Å²) >= 11 is 0. The van der Waals surface area contributed by atoms with Crippen molar-refractivity contribution in [3.63, 3.8) is 0 Å². The Morgan fingerprint density at radius 3 is 1.44 bits per heavy atom. The highest BCUT2D eigenvalue weighted by Gasteiger charge is 2.47. The SMILES string of the molecule is CC(C)(C)c1ccc(N2c3ccc(C(C)(C)C)cc3B3c4c2c2c5cc(C(C)(C)C)ccc5n5c6ccc(C(C)(C)C)cc6c(c4-n4c6ccc(C(C)(C)C)cc6c6ccnc3c64)c25)cc1. The Labute approximate surface area is 391 Å². The van der Waals surface area contributed by atoms with Crippen LogP contribution >= 0.6 is 0 Å². The lowest BCUT2D eigenvalue weighted by Crippen LogP contribution is -2.61. The molecule has 4 nitrogen and oxygen atoms in total. The molecule has 0 saturated heterocycles. The first-order valence-corrected chi connectivity index (χ1v) is 24.3. The van der Waals surface area contributed by atoms with Gasteiger partial charge in [-0.1, -0.05) is 146 Å². The van der Waals surface area contributed by atoms with Crippen molar-refractivity contribution in [2.24, 2.45) is 0 Å². The van der Waals surface area contributed by atoms with Gasteiger partial charge in [-0.15, -0.1) is 0 Å². The minimum absolute atomic E-state index is 0.00407. The second-order valence-electron chi connectivity index (χ2n) is 25.0. The summed E-state index contributed by atoms with van der Waals surface area (Å²) in [6, 6.07) is 41.0. The molecule has 0 radical (unpaired) electrons. The van der Waals surface area contributed by atoms with Crippen LogP contribution in [-0.2, 0) is 27.1 Å². The first-order valence-electron chi connectivity index (χ1n) is 24.3. The van der Waals surface area contributed by atoms with Crippen LogP contribution < -0.4 is 21.4 Å². The van der Waals surface area contributed by atoms with Crippen LogP contribution in [0.15, 0.2) is 109 Å². The van der Waals surface area contributed by atoms with E-state index in [1.54, 1.807) is 0 Å². The fourth-order valence-corrected chi connectivity index (χ4v) is 11.7. The molecule has 6 heterocycles. The third-order valence-corrected chi connectivity index (χ3v) is 15.4. The highest BCUT2D eigenvalue weighted by molar-refractivity contribution is 7.00. The monoisotopic (exact) mass is 863 g/mol. The van der Waals surface area contributed by atoms with Gasteiger partial charge in [-0.2, -0.15) is 0 Å². The molecular formula is C61H63BN4. The van der Waals surface area contributed by atoms with E-state index in [-0.39, 0.29) is 33.8 Å². The second-order valence-corrected chi connectivity index (χ2v) is 25.0. The minimum Gasteiger partial charge on any atom is -0.311 e. The molecule has 0 spiro atoms. The van der Waals surface area contributed by atoms with Crippen LogP contribution in [0.25, 0.3) is 65.6 Å². The zero-order valence-electron chi connectivity index (χ0n) is 41.8. The summed E-state index contributed by atoms with van der Waals surface area (Å²) in [6.07, 6.45) is 2.09. The fourth-order valence-electron chi connectivity index (χ4n) is 11.7. The molecule has 10 aromatic rings. The molecular weight excluding hydrogens is 800 g/mol. The largest absolute Gasteiger partial charge is 0.311 e. The van der Waals surface area contributed by atoms with E-state index >= 15 is 0 Å². The molecule has 12 rings (SSSR count). The first kappa shape index (κ1) is 41.4. The second kappa shape index (κ2) is 12.9. The average molecular weight is 863 g/mol. The van der Waals surface area contributed by atoms with E-state index in [1.165, 1.54) is 121 Å². The van der Waals surface area contributed by atoms with Gasteiger partial charge in [0.1, 0.15) is 0 Å².